The van der Waals surface area contributed by atoms with E-state index in [0.29, 0.717) is 4.88 Å². The summed E-state index contributed by atoms with van der Waals surface area (Å²) < 4.78 is 11.8. The third-order valence-electron chi connectivity index (χ3n) is 11.6. The number of allylic oxidation sites excluding steroid dienone is 1. The monoisotopic (exact) mass is 849 g/mol. The van der Waals surface area contributed by atoms with Crippen molar-refractivity contribution >= 4 is 70.7 Å². The third kappa shape index (κ3) is 9.47. The van der Waals surface area contributed by atoms with Crippen molar-refractivity contribution in [2.75, 3.05) is 22.9 Å². The first-order valence-electron chi connectivity index (χ1n) is 21.3. The number of thiophene rings is 2. The van der Waals surface area contributed by atoms with Crippen LogP contribution >= 0.6 is 30.3 Å². The standard InChI is InChI=1S/C51H52N3O3PS2/c1-3-5-9-36-13-19-42(20-14-36)53-29-7-11-40-31-38(17-25-48(40)53)47(34-46-24-28-51(60-46)50-27-23-45(59-50)33-44(35-52)58(55,56)57)39-18-26-49-41(32-39)12-8-30-54(49)43-21-15-37(16-22-43)10-6-4-2/h13-28,31-34H,3-12,29-30H2,1-2H3,(H2,55,56,57)/b44-33+. The molecular formula is C51H52N3O3PS2. The lowest BCUT2D eigenvalue weighted by atomic mass is 9.90. The Morgan fingerprint density at radius 2 is 1.13 bits per heavy atom. The number of aryl methyl sites for hydroxylation is 4. The molecule has 2 aliphatic rings. The number of unbranched alkanes of at least 4 members (excludes halogenated alkanes) is 2. The van der Waals surface area contributed by atoms with Crippen molar-refractivity contribution in [3.8, 4) is 15.8 Å². The van der Waals surface area contributed by atoms with Crippen LogP contribution in [0, 0.1) is 11.3 Å². The first kappa shape index (κ1) is 41.7. The first-order valence-corrected chi connectivity index (χ1v) is 24.5. The van der Waals surface area contributed by atoms with Crippen LogP contribution in [0.1, 0.15) is 95.5 Å². The Hall–Kier alpha value is -5.00. The minimum absolute atomic E-state index is 0.530. The summed E-state index contributed by atoms with van der Waals surface area (Å²) in [4.78, 5) is 27.9. The summed E-state index contributed by atoms with van der Waals surface area (Å²) in [7, 11) is -4.64. The number of hydrogen-bond acceptors (Lipinski definition) is 6. The number of rotatable bonds is 14. The van der Waals surface area contributed by atoms with Crippen LogP contribution in [-0.2, 0) is 30.2 Å². The Morgan fingerprint density at radius 1 is 0.667 bits per heavy atom. The van der Waals surface area contributed by atoms with Gasteiger partial charge in [-0.15, -0.1) is 22.7 Å². The van der Waals surface area contributed by atoms with Crippen LogP contribution in [0.15, 0.2) is 115 Å². The highest BCUT2D eigenvalue weighted by atomic mass is 32.1. The molecule has 0 saturated heterocycles. The predicted molar refractivity (Wildman–Crippen MR) is 254 cm³/mol. The molecule has 0 amide bonds. The van der Waals surface area contributed by atoms with Gasteiger partial charge in [0.1, 0.15) is 11.4 Å². The van der Waals surface area contributed by atoms with Crippen molar-refractivity contribution in [2.45, 2.75) is 78.1 Å². The van der Waals surface area contributed by atoms with Gasteiger partial charge in [0.05, 0.1) is 0 Å². The van der Waals surface area contributed by atoms with Crippen LogP contribution in [0.5, 0.6) is 0 Å². The molecule has 0 aliphatic carbocycles. The van der Waals surface area contributed by atoms with E-state index in [1.165, 1.54) is 105 Å². The molecule has 0 atom stereocenters. The molecule has 0 unspecified atom stereocenters. The SMILES string of the molecule is CCCCc1ccc(N2CCCc3cc(C(=Cc4ccc(-c5ccc(/C=C(\C#N)P(=O)(O)O)s5)s4)c4ccc5c(c4)CCCN5c4ccc(CCCC)cc4)ccc32)cc1. The lowest BCUT2D eigenvalue weighted by molar-refractivity contribution is 0.384. The zero-order valence-corrected chi connectivity index (χ0v) is 37.0. The number of hydrogen-bond donors (Lipinski definition) is 2. The summed E-state index contributed by atoms with van der Waals surface area (Å²) in [6.07, 6.45) is 14.9. The van der Waals surface area contributed by atoms with Crippen LogP contribution in [0.3, 0.4) is 0 Å². The molecule has 4 heterocycles. The number of benzene rings is 4. The fourth-order valence-corrected chi connectivity index (χ4v) is 10.9. The molecule has 0 bridgehead atoms. The van der Waals surface area contributed by atoms with Crippen molar-refractivity contribution in [1.82, 2.24) is 0 Å². The fourth-order valence-electron chi connectivity index (χ4n) is 8.43. The van der Waals surface area contributed by atoms with E-state index in [2.05, 4.69) is 127 Å². The molecule has 9 heteroatoms. The van der Waals surface area contributed by atoms with E-state index in [4.69, 9.17) is 0 Å². The van der Waals surface area contributed by atoms with Crippen LogP contribution in [0.25, 0.3) is 27.5 Å². The maximum atomic E-state index is 11.8. The van der Waals surface area contributed by atoms with Gasteiger partial charge in [-0.2, -0.15) is 5.26 Å². The summed E-state index contributed by atoms with van der Waals surface area (Å²) in [5, 5.41) is 8.80. The maximum absolute atomic E-state index is 11.8. The minimum Gasteiger partial charge on any atom is -0.341 e. The van der Waals surface area contributed by atoms with E-state index in [0.717, 1.165) is 66.2 Å². The number of nitrogens with zero attached hydrogens (tertiary/aromatic N) is 3. The van der Waals surface area contributed by atoms with Gasteiger partial charge in [0.2, 0.25) is 0 Å². The van der Waals surface area contributed by atoms with Gasteiger partial charge in [0.15, 0.2) is 0 Å². The van der Waals surface area contributed by atoms with E-state index in [1.807, 2.05) is 12.1 Å². The van der Waals surface area contributed by atoms with E-state index >= 15 is 0 Å². The highest BCUT2D eigenvalue weighted by molar-refractivity contribution is 7.57. The summed E-state index contributed by atoms with van der Waals surface area (Å²) in [6, 6.07) is 42.1. The van der Waals surface area contributed by atoms with Crippen LogP contribution in [0.4, 0.5) is 22.7 Å². The smallest absolute Gasteiger partial charge is 0.341 e. The molecule has 0 saturated carbocycles. The quantitative estimate of drug-likeness (QED) is 0.0838. The fraction of sp³-hybridized carbons (Fsp3) is 0.275. The average molecular weight is 850 g/mol. The average Bonchev–Trinajstić information content (AvgIpc) is 3.95. The van der Waals surface area contributed by atoms with Crippen LogP contribution in [-0.4, -0.2) is 22.9 Å². The summed E-state index contributed by atoms with van der Waals surface area (Å²) in [5.41, 5.74) is 14.2. The second-order valence-corrected chi connectivity index (χ2v) is 19.7. The predicted octanol–water partition coefficient (Wildman–Crippen LogP) is 14.0. The van der Waals surface area contributed by atoms with Crippen molar-refractivity contribution in [3.63, 3.8) is 0 Å². The largest absolute Gasteiger partial charge is 0.366 e. The molecule has 0 spiro atoms. The summed E-state index contributed by atoms with van der Waals surface area (Å²) in [5.74, 6) is 0. The summed E-state index contributed by atoms with van der Waals surface area (Å²) in [6.45, 7) is 6.49. The van der Waals surface area contributed by atoms with E-state index in [9.17, 15) is 19.6 Å². The van der Waals surface area contributed by atoms with Crippen LogP contribution < -0.4 is 9.80 Å². The van der Waals surface area contributed by atoms with Gasteiger partial charge < -0.3 is 19.6 Å². The minimum atomic E-state index is -4.64. The van der Waals surface area contributed by atoms with Gasteiger partial charge in [-0.1, -0.05) is 63.1 Å². The molecule has 6 nitrogen and oxygen atoms in total. The molecule has 2 aliphatic heterocycles. The van der Waals surface area contributed by atoms with Gasteiger partial charge in [-0.25, -0.2) is 0 Å². The maximum Gasteiger partial charge on any atom is 0.366 e. The van der Waals surface area contributed by atoms with E-state index in [1.54, 1.807) is 17.4 Å². The van der Waals surface area contributed by atoms with Crippen molar-refractivity contribution in [2.24, 2.45) is 0 Å². The Bertz CT molecular complexity index is 2490. The third-order valence-corrected chi connectivity index (χ3v) is 14.8. The highest BCUT2D eigenvalue weighted by Gasteiger charge is 2.24. The van der Waals surface area contributed by atoms with E-state index in [-0.39, 0.29) is 0 Å². The Morgan fingerprint density at radius 3 is 1.57 bits per heavy atom. The Labute approximate surface area is 363 Å². The number of fused-ring (bicyclic) bond motifs is 2. The molecule has 0 radical (unpaired) electrons. The molecular weight excluding hydrogens is 798 g/mol. The van der Waals surface area contributed by atoms with Crippen LogP contribution in [0.2, 0.25) is 0 Å². The molecule has 306 valence electrons. The number of anilines is 4. The summed E-state index contributed by atoms with van der Waals surface area (Å²) >= 11 is 3.11. The van der Waals surface area contributed by atoms with Gasteiger partial charge in [0, 0.05) is 55.3 Å². The van der Waals surface area contributed by atoms with Crippen molar-refractivity contribution in [1.29, 1.82) is 5.26 Å². The molecule has 2 N–H and O–H groups in total. The molecule has 2 aromatic heterocycles. The highest BCUT2D eigenvalue weighted by Crippen LogP contribution is 2.47. The molecule has 8 rings (SSSR count). The first-order chi connectivity index (χ1) is 29.2. The van der Waals surface area contributed by atoms with Gasteiger partial charge in [0.25, 0.3) is 0 Å². The zero-order chi connectivity index (χ0) is 41.6. The number of nitriles is 1. The Balaban J connectivity index is 1.15. The molecule has 4 aromatic carbocycles. The molecule has 6 aromatic rings. The van der Waals surface area contributed by atoms with Crippen molar-refractivity contribution < 1.29 is 14.4 Å². The lowest BCUT2D eigenvalue weighted by Crippen LogP contribution is -2.24. The van der Waals surface area contributed by atoms with E-state index < -0.39 is 12.9 Å². The topological polar surface area (TPSA) is 87.8 Å². The Kier molecular flexibility index (Phi) is 13.0. The molecule has 60 heavy (non-hydrogen) atoms. The zero-order valence-electron chi connectivity index (χ0n) is 34.4. The van der Waals surface area contributed by atoms with Gasteiger partial charge >= 0.3 is 7.60 Å². The van der Waals surface area contributed by atoms with Crippen molar-refractivity contribution in [3.05, 3.63) is 158 Å². The van der Waals surface area contributed by atoms with Gasteiger partial charge in [-0.05, 0) is 175 Å². The molecule has 0 fully saturated rings. The second kappa shape index (κ2) is 18.7. The normalized spacial score (nSPS) is 14.1. The van der Waals surface area contributed by atoms with Gasteiger partial charge in [-0.3, -0.25) is 4.57 Å². The second-order valence-electron chi connectivity index (χ2n) is 15.9. The lowest BCUT2D eigenvalue weighted by Gasteiger charge is -2.33.